The van der Waals surface area contributed by atoms with Crippen LogP contribution in [0.25, 0.3) is 0 Å². The van der Waals surface area contributed by atoms with E-state index in [0.717, 1.165) is 18.0 Å². The van der Waals surface area contributed by atoms with Crippen molar-refractivity contribution in [3.63, 3.8) is 0 Å². The monoisotopic (exact) mass is 276 g/mol. The Morgan fingerprint density at radius 1 is 1.16 bits per heavy atom. The summed E-state index contributed by atoms with van der Waals surface area (Å²) in [7, 11) is 0. The molecule has 1 aromatic heterocycles. The summed E-state index contributed by atoms with van der Waals surface area (Å²) in [6.07, 6.45) is 0. The fraction of sp³-hybridized carbons (Fsp3) is 0.267. The number of nitrogens with zero attached hydrogens (tertiary/aromatic N) is 1. The van der Waals surface area contributed by atoms with Crippen molar-refractivity contribution in [2.24, 2.45) is 0 Å². The van der Waals surface area contributed by atoms with Crippen LogP contribution in [0.4, 0.5) is 0 Å². The number of nitrogens with one attached hydrogen (secondary N) is 1. The number of benzene rings is 1. The highest BCUT2D eigenvalue weighted by Crippen LogP contribution is 2.21. The average Bonchev–Trinajstić information content (AvgIpc) is 2.40. The highest BCUT2D eigenvalue weighted by molar-refractivity contribution is 6.30. The molecular weight excluding hydrogens is 260 g/mol. The lowest BCUT2D eigenvalue weighted by Gasteiger charge is -2.09. The van der Waals surface area contributed by atoms with E-state index < -0.39 is 0 Å². The molecule has 0 unspecified atom stereocenters. The number of ether oxygens (including phenoxy) is 1. The first-order valence-corrected chi connectivity index (χ1v) is 6.64. The molecule has 100 valence electrons. The van der Waals surface area contributed by atoms with Gasteiger partial charge in [0.25, 0.3) is 0 Å². The zero-order valence-electron chi connectivity index (χ0n) is 11.1. The van der Waals surface area contributed by atoms with E-state index in [9.17, 15) is 0 Å². The maximum Gasteiger partial charge on any atom is 0.219 e. The second-order valence-electron chi connectivity index (χ2n) is 4.56. The van der Waals surface area contributed by atoms with E-state index in [1.807, 2.05) is 30.3 Å². The van der Waals surface area contributed by atoms with Crippen molar-refractivity contribution < 1.29 is 4.74 Å². The van der Waals surface area contributed by atoms with E-state index in [4.69, 9.17) is 16.3 Å². The molecule has 0 saturated carbocycles. The van der Waals surface area contributed by atoms with Crippen molar-refractivity contribution in [3.05, 3.63) is 53.2 Å². The first-order chi connectivity index (χ1) is 9.13. The normalized spacial score (nSPS) is 10.7. The molecule has 0 fully saturated rings. The molecule has 0 saturated heterocycles. The summed E-state index contributed by atoms with van der Waals surface area (Å²) < 4.78 is 5.68. The quantitative estimate of drug-likeness (QED) is 0.895. The smallest absolute Gasteiger partial charge is 0.219 e. The van der Waals surface area contributed by atoms with Gasteiger partial charge >= 0.3 is 0 Å². The number of aromatic nitrogens is 1. The third-order valence-corrected chi connectivity index (χ3v) is 2.76. The van der Waals surface area contributed by atoms with Gasteiger partial charge in [-0.05, 0) is 30.3 Å². The molecule has 0 bridgehead atoms. The van der Waals surface area contributed by atoms with Crippen LogP contribution in [0, 0.1) is 0 Å². The summed E-state index contributed by atoms with van der Waals surface area (Å²) in [5.74, 6) is 1.32. The fourth-order valence-corrected chi connectivity index (χ4v) is 1.67. The second-order valence-corrected chi connectivity index (χ2v) is 5.00. The van der Waals surface area contributed by atoms with Crippen molar-refractivity contribution in [2.45, 2.75) is 26.4 Å². The van der Waals surface area contributed by atoms with Crippen molar-refractivity contribution in [1.29, 1.82) is 0 Å². The lowest BCUT2D eigenvalue weighted by molar-refractivity contribution is 0.458. The summed E-state index contributed by atoms with van der Waals surface area (Å²) in [5.41, 5.74) is 0.958. The fourth-order valence-electron chi connectivity index (χ4n) is 1.54. The molecule has 1 heterocycles. The van der Waals surface area contributed by atoms with Gasteiger partial charge in [-0.3, -0.25) is 0 Å². The first kappa shape index (κ1) is 13.8. The molecule has 0 aliphatic carbocycles. The van der Waals surface area contributed by atoms with Crippen molar-refractivity contribution in [2.75, 3.05) is 0 Å². The highest BCUT2D eigenvalue weighted by Gasteiger charge is 2.01. The molecule has 3 nitrogen and oxygen atoms in total. The van der Waals surface area contributed by atoms with Crippen LogP contribution in [0.2, 0.25) is 5.02 Å². The van der Waals surface area contributed by atoms with E-state index in [0.29, 0.717) is 16.9 Å². The predicted octanol–water partition coefficient (Wildman–Crippen LogP) is 4.03. The van der Waals surface area contributed by atoms with Crippen molar-refractivity contribution >= 4 is 11.6 Å². The summed E-state index contributed by atoms with van der Waals surface area (Å²) in [4.78, 5) is 4.44. The Balaban J connectivity index is 2.04. The Kier molecular flexibility index (Phi) is 4.77. The van der Waals surface area contributed by atoms with Crippen molar-refractivity contribution in [3.8, 4) is 11.6 Å². The molecule has 0 spiro atoms. The Bertz CT molecular complexity index is 526. The van der Waals surface area contributed by atoms with Gasteiger partial charge in [-0.2, -0.15) is 0 Å². The molecule has 0 atom stereocenters. The van der Waals surface area contributed by atoms with Crippen LogP contribution >= 0.6 is 11.6 Å². The topological polar surface area (TPSA) is 34.1 Å². The third-order valence-electron chi connectivity index (χ3n) is 2.51. The van der Waals surface area contributed by atoms with Crippen molar-refractivity contribution in [1.82, 2.24) is 10.3 Å². The maximum atomic E-state index is 5.83. The molecule has 19 heavy (non-hydrogen) atoms. The number of rotatable bonds is 5. The minimum absolute atomic E-state index is 0.433. The van der Waals surface area contributed by atoms with Gasteiger partial charge in [0, 0.05) is 23.7 Å². The molecular formula is C15H17ClN2O. The Morgan fingerprint density at radius 3 is 2.58 bits per heavy atom. The van der Waals surface area contributed by atoms with Gasteiger partial charge in [-0.15, -0.1) is 0 Å². The number of pyridine rings is 1. The summed E-state index contributed by atoms with van der Waals surface area (Å²) in [6, 6.07) is 13.4. The molecule has 1 N–H and O–H groups in total. The van der Waals surface area contributed by atoms with Gasteiger partial charge in [0.2, 0.25) is 5.88 Å². The number of hydrogen-bond acceptors (Lipinski definition) is 3. The van der Waals surface area contributed by atoms with Crippen LogP contribution in [0.15, 0.2) is 42.5 Å². The first-order valence-electron chi connectivity index (χ1n) is 6.26. The van der Waals surface area contributed by atoms with Crippen LogP contribution < -0.4 is 10.1 Å². The molecule has 0 aliphatic heterocycles. The van der Waals surface area contributed by atoms with E-state index in [2.05, 4.69) is 24.1 Å². The Morgan fingerprint density at radius 2 is 1.89 bits per heavy atom. The van der Waals surface area contributed by atoms with Gasteiger partial charge in [0.15, 0.2) is 0 Å². The molecule has 2 aromatic rings. The Hall–Kier alpha value is -1.58. The van der Waals surface area contributed by atoms with Gasteiger partial charge < -0.3 is 10.1 Å². The van der Waals surface area contributed by atoms with Gasteiger partial charge in [-0.1, -0.05) is 31.5 Å². The zero-order chi connectivity index (χ0) is 13.7. The van der Waals surface area contributed by atoms with E-state index in [-0.39, 0.29) is 0 Å². The van der Waals surface area contributed by atoms with Gasteiger partial charge in [0.1, 0.15) is 5.75 Å². The molecule has 0 aliphatic rings. The molecule has 1 aromatic carbocycles. The Labute approximate surface area is 118 Å². The summed E-state index contributed by atoms with van der Waals surface area (Å²) in [5, 5.41) is 4.01. The lowest BCUT2D eigenvalue weighted by atomic mass is 10.3. The standard InChI is InChI=1S/C15H17ClN2O/c1-11(2)17-10-13-4-3-5-15(18-13)19-14-8-6-12(16)7-9-14/h3-9,11,17H,10H2,1-2H3. The maximum absolute atomic E-state index is 5.83. The van der Waals surface area contributed by atoms with Crippen LogP contribution in [-0.2, 0) is 6.54 Å². The van der Waals surface area contributed by atoms with Crippen LogP contribution in [-0.4, -0.2) is 11.0 Å². The lowest BCUT2D eigenvalue weighted by Crippen LogP contribution is -2.22. The second kappa shape index (κ2) is 6.55. The van der Waals surface area contributed by atoms with Crippen LogP contribution in [0.5, 0.6) is 11.6 Å². The summed E-state index contributed by atoms with van der Waals surface area (Å²) in [6.45, 7) is 4.94. The largest absolute Gasteiger partial charge is 0.439 e. The predicted molar refractivity (Wildman–Crippen MR) is 77.7 cm³/mol. The third kappa shape index (κ3) is 4.54. The number of halogens is 1. The minimum Gasteiger partial charge on any atom is -0.439 e. The molecule has 0 radical (unpaired) electrons. The molecule has 0 amide bonds. The van der Waals surface area contributed by atoms with E-state index in [1.54, 1.807) is 12.1 Å². The van der Waals surface area contributed by atoms with Crippen LogP contribution in [0.3, 0.4) is 0 Å². The summed E-state index contributed by atoms with van der Waals surface area (Å²) >= 11 is 5.83. The SMILES string of the molecule is CC(C)NCc1cccc(Oc2ccc(Cl)cc2)n1. The molecule has 2 rings (SSSR count). The highest BCUT2D eigenvalue weighted by atomic mass is 35.5. The molecule has 4 heteroatoms. The number of hydrogen-bond donors (Lipinski definition) is 1. The average molecular weight is 277 g/mol. The van der Waals surface area contributed by atoms with E-state index in [1.165, 1.54) is 0 Å². The van der Waals surface area contributed by atoms with E-state index >= 15 is 0 Å². The van der Waals surface area contributed by atoms with Crippen LogP contribution in [0.1, 0.15) is 19.5 Å². The van der Waals surface area contributed by atoms with Gasteiger partial charge in [-0.25, -0.2) is 4.98 Å². The minimum atomic E-state index is 0.433. The van der Waals surface area contributed by atoms with Gasteiger partial charge in [0.05, 0.1) is 5.69 Å². The zero-order valence-corrected chi connectivity index (χ0v) is 11.8.